The predicted octanol–water partition coefficient (Wildman–Crippen LogP) is 4.07. The number of nitrogens with two attached hydrogens (primary N) is 1. The number of rotatable bonds is 4. The highest BCUT2D eigenvalue weighted by Crippen LogP contribution is 2.37. The van der Waals surface area contributed by atoms with Gasteiger partial charge in [-0.05, 0) is 44.7 Å². The maximum atomic E-state index is 6.32. The number of para-hydroxylation sites is 1. The van der Waals surface area contributed by atoms with E-state index in [1.807, 2.05) is 26.0 Å². The summed E-state index contributed by atoms with van der Waals surface area (Å²) >= 11 is 0. The second kappa shape index (κ2) is 6.38. The lowest BCUT2D eigenvalue weighted by atomic mass is 9.85. The summed E-state index contributed by atoms with van der Waals surface area (Å²) in [6, 6.07) is 6.68. The molecule has 2 N–H and O–H groups in total. The van der Waals surface area contributed by atoms with Crippen LogP contribution in [0.2, 0.25) is 0 Å². The SMILES string of the molecule is CC(C)Oc1cccc(N(C)C2CCCCC2C)c1N. The van der Waals surface area contributed by atoms with Crippen molar-refractivity contribution < 1.29 is 4.74 Å². The second-order valence-electron chi connectivity index (χ2n) is 6.30. The van der Waals surface area contributed by atoms with Gasteiger partial charge in [0.2, 0.25) is 0 Å². The van der Waals surface area contributed by atoms with Crippen LogP contribution >= 0.6 is 0 Å². The van der Waals surface area contributed by atoms with Crippen molar-refractivity contribution in [3.05, 3.63) is 18.2 Å². The fraction of sp³-hybridized carbons (Fsp3) is 0.647. The van der Waals surface area contributed by atoms with Gasteiger partial charge >= 0.3 is 0 Å². The molecule has 3 nitrogen and oxygen atoms in total. The molecular weight excluding hydrogens is 248 g/mol. The lowest BCUT2D eigenvalue weighted by molar-refractivity contribution is 0.244. The largest absolute Gasteiger partial charge is 0.489 e. The predicted molar refractivity (Wildman–Crippen MR) is 86.4 cm³/mol. The average Bonchev–Trinajstić information content (AvgIpc) is 2.40. The molecule has 3 heteroatoms. The molecule has 0 aromatic heterocycles. The van der Waals surface area contributed by atoms with E-state index >= 15 is 0 Å². The number of anilines is 2. The third-order valence-corrected chi connectivity index (χ3v) is 4.35. The highest BCUT2D eigenvalue weighted by atomic mass is 16.5. The van der Waals surface area contributed by atoms with Gasteiger partial charge in [-0.1, -0.05) is 25.8 Å². The van der Waals surface area contributed by atoms with Gasteiger partial charge in [-0.2, -0.15) is 0 Å². The van der Waals surface area contributed by atoms with Gasteiger partial charge in [0.05, 0.1) is 17.5 Å². The number of benzene rings is 1. The molecular formula is C17H28N2O. The minimum absolute atomic E-state index is 0.145. The van der Waals surface area contributed by atoms with Gasteiger partial charge in [-0.25, -0.2) is 0 Å². The minimum atomic E-state index is 0.145. The molecule has 20 heavy (non-hydrogen) atoms. The van der Waals surface area contributed by atoms with Crippen LogP contribution in [0.4, 0.5) is 11.4 Å². The number of nitrogen functional groups attached to an aromatic ring is 1. The summed E-state index contributed by atoms with van der Waals surface area (Å²) in [6.45, 7) is 6.41. The van der Waals surface area contributed by atoms with Crippen LogP contribution in [0.15, 0.2) is 18.2 Å². The molecule has 112 valence electrons. The van der Waals surface area contributed by atoms with Gasteiger partial charge < -0.3 is 15.4 Å². The Morgan fingerprint density at radius 1 is 1.25 bits per heavy atom. The van der Waals surface area contributed by atoms with E-state index in [1.165, 1.54) is 25.7 Å². The van der Waals surface area contributed by atoms with Crippen LogP contribution in [0.5, 0.6) is 5.75 Å². The Kier molecular flexibility index (Phi) is 4.79. The first kappa shape index (κ1) is 15.0. The van der Waals surface area contributed by atoms with Gasteiger partial charge in [0.15, 0.2) is 0 Å². The Balaban J connectivity index is 2.23. The summed E-state index contributed by atoms with van der Waals surface area (Å²) in [7, 11) is 2.16. The van der Waals surface area contributed by atoms with Crippen LogP contribution in [0, 0.1) is 5.92 Å². The molecule has 0 heterocycles. The molecule has 1 saturated carbocycles. The normalized spacial score (nSPS) is 22.9. The lowest BCUT2D eigenvalue weighted by Crippen LogP contribution is -2.39. The molecule has 0 radical (unpaired) electrons. The zero-order valence-corrected chi connectivity index (χ0v) is 13.2. The number of hydrogen-bond acceptors (Lipinski definition) is 3. The quantitative estimate of drug-likeness (QED) is 0.842. The fourth-order valence-electron chi connectivity index (χ4n) is 3.25. The Labute approximate surface area is 123 Å². The van der Waals surface area contributed by atoms with Crippen LogP contribution in [-0.4, -0.2) is 19.2 Å². The molecule has 0 spiro atoms. The highest BCUT2D eigenvalue weighted by Gasteiger charge is 2.26. The Hall–Kier alpha value is -1.38. The molecule has 1 aliphatic rings. The third kappa shape index (κ3) is 3.20. The van der Waals surface area contributed by atoms with E-state index in [-0.39, 0.29) is 6.10 Å². The van der Waals surface area contributed by atoms with Gasteiger partial charge in [-0.15, -0.1) is 0 Å². The number of hydrogen-bond donors (Lipinski definition) is 1. The van der Waals surface area contributed by atoms with Crippen LogP contribution < -0.4 is 15.4 Å². The first-order valence-electron chi connectivity index (χ1n) is 7.78. The second-order valence-corrected chi connectivity index (χ2v) is 6.30. The first-order valence-corrected chi connectivity index (χ1v) is 7.78. The molecule has 2 atom stereocenters. The summed E-state index contributed by atoms with van der Waals surface area (Å²) in [5.41, 5.74) is 8.18. The topological polar surface area (TPSA) is 38.5 Å². The zero-order chi connectivity index (χ0) is 14.7. The van der Waals surface area contributed by atoms with Crippen LogP contribution in [-0.2, 0) is 0 Å². The fourth-order valence-corrected chi connectivity index (χ4v) is 3.25. The molecule has 0 aliphatic heterocycles. The molecule has 1 aromatic rings. The van der Waals surface area contributed by atoms with Crippen LogP contribution in [0.1, 0.15) is 46.5 Å². The van der Waals surface area contributed by atoms with Crippen LogP contribution in [0.25, 0.3) is 0 Å². The molecule has 2 rings (SSSR count). The zero-order valence-electron chi connectivity index (χ0n) is 13.2. The van der Waals surface area contributed by atoms with Crippen LogP contribution in [0.3, 0.4) is 0 Å². The summed E-state index contributed by atoms with van der Waals surface area (Å²) in [5, 5.41) is 0. The third-order valence-electron chi connectivity index (χ3n) is 4.35. The molecule has 0 amide bonds. The van der Waals surface area contributed by atoms with E-state index < -0.39 is 0 Å². The number of nitrogens with zero attached hydrogens (tertiary/aromatic N) is 1. The van der Waals surface area contributed by atoms with Gasteiger partial charge in [0.25, 0.3) is 0 Å². The van der Waals surface area contributed by atoms with E-state index in [2.05, 4.69) is 24.9 Å². The van der Waals surface area contributed by atoms with E-state index in [9.17, 15) is 0 Å². The first-order chi connectivity index (χ1) is 9.50. The van der Waals surface area contributed by atoms with Gasteiger partial charge in [0, 0.05) is 13.1 Å². The van der Waals surface area contributed by atoms with E-state index in [4.69, 9.17) is 10.5 Å². The van der Waals surface area contributed by atoms with Crippen molar-refractivity contribution in [2.75, 3.05) is 17.7 Å². The summed E-state index contributed by atoms with van der Waals surface area (Å²) in [4.78, 5) is 2.35. The standard InChI is InChI=1S/C17H28N2O/c1-12(2)20-16-11-7-10-15(17(16)18)19(4)14-9-6-5-8-13(14)3/h7,10-14H,5-6,8-9,18H2,1-4H3. The molecule has 2 unspecified atom stereocenters. The van der Waals surface area contributed by atoms with Crippen molar-refractivity contribution in [3.63, 3.8) is 0 Å². The van der Waals surface area contributed by atoms with Crippen molar-refractivity contribution in [2.45, 2.75) is 58.6 Å². The van der Waals surface area contributed by atoms with Crippen molar-refractivity contribution in [2.24, 2.45) is 5.92 Å². The molecule has 1 fully saturated rings. The smallest absolute Gasteiger partial charge is 0.144 e. The monoisotopic (exact) mass is 276 g/mol. The molecule has 1 aromatic carbocycles. The maximum Gasteiger partial charge on any atom is 0.144 e. The summed E-state index contributed by atoms with van der Waals surface area (Å²) in [5.74, 6) is 1.52. The van der Waals surface area contributed by atoms with Gasteiger partial charge in [-0.3, -0.25) is 0 Å². The molecule has 0 saturated heterocycles. The minimum Gasteiger partial charge on any atom is -0.489 e. The Bertz CT molecular complexity index is 445. The summed E-state index contributed by atoms with van der Waals surface area (Å²) < 4.78 is 5.80. The van der Waals surface area contributed by atoms with E-state index in [0.29, 0.717) is 6.04 Å². The Morgan fingerprint density at radius 2 is 1.95 bits per heavy atom. The number of ether oxygens (including phenoxy) is 1. The Morgan fingerprint density at radius 3 is 2.60 bits per heavy atom. The average molecular weight is 276 g/mol. The van der Waals surface area contributed by atoms with Crippen molar-refractivity contribution in [1.82, 2.24) is 0 Å². The van der Waals surface area contributed by atoms with Crippen molar-refractivity contribution in [3.8, 4) is 5.75 Å². The van der Waals surface area contributed by atoms with E-state index in [1.54, 1.807) is 0 Å². The maximum absolute atomic E-state index is 6.32. The molecule has 1 aliphatic carbocycles. The summed E-state index contributed by atoms with van der Waals surface area (Å²) in [6.07, 6.45) is 5.40. The highest BCUT2D eigenvalue weighted by molar-refractivity contribution is 5.74. The van der Waals surface area contributed by atoms with Gasteiger partial charge in [0.1, 0.15) is 5.75 Å². The van der Waals surface area contributed by atoms with Crippen molar-refractivity contribution >= 4 is 11.4 Å². The van der Waals surface area contributed by atoms with Crippen molar-refractivity contribution in [1.29, 1.82) is 0 Å². The van der Waals surface area contributed by atoms with E-state index in [0.717, 1.165) is 23.0 Å². The lowest BCUT2D eigenvalue weighted by Gasteiger charge is -2.38. The molecule has 0 bridgehead atoms.